The van der Waals surface area contributed by atoms with E-state index in [0.717, 1.165) is 18.7 Å². The molecule has 0 saturated heterocycles. The lowest BCUT2D eigenvalue weighted by molar-refractivity contribution is 0.290. The van der Waals surface area contributed by atoms with Crippen molar-refractivity contribution in [1.29, 1.82) is 0 Å². The molecule has 0 atom stereocenters. The number of ether oxygens (including phenoxy) is 1. The second-order valence-corrected chi connectivity index (χ2v) is 4.49. The van der Waals surface area contributed by atoms with Crippen LogP contribution >= 0.6 is 0 Å². The molecule has 3 nitrogen and oxygen atoms in total. The van der Waals surface area contributed by atoms with Crippen LogP contribution in [0.4, 0.5) is 5.69 Å². The fourth-order valence-corrected chi connectivity index (χ4v) is 2.25. The molecule has 0 radical (unpaired) electrons. The topological polar surface area (TPSA) is 32.7 Å². The van der Waals surface area contributed by atoms with Crippen molar-refractivity contribution >= 4 is 5.69 Å². The molecule has 0 heterocycles. The molecule has 0 saturated carbocycles. The van der Waals surface area contributed by atoms with E-state index in [1.54, 1.807) is 7.11 Å². The van der Waals surface area contributed by atoms with Gasteiger partial charge in [0.05, 0.1) is 7.11 Å². The summed E-state index contributed by atoms with van der Waals surface area (Å²) in [7, 11) is 3.77. The Kier molecular flexibility index (Phi) is 4.82. The molecule has 1 N–H and O–H groups in total. The zero-order valence-electron chi connectivity index (χ0n) is 11.5. The van der Waals surface area contributed by atoms with Crippen LogP contribution in [-0.2, 0) is 0 Å². The van der Waals surface area contributed by atoms with Crippen molar-refractivity contribution in [1.82, 2.24) is 0 Å². The van der Waals surface area contributed by atoms with E-state index in [1.807, 2.05) is 0 Å². The van der Waals surface area contributed by atoms with Crippen molar-refractivity contribution in [3.8, 4) is 5.75 Å². The van der Waals surface area contributed by atoms with E-state index in [-0.39, 0.29) is 6.61 Å². The lowest BCUT2D eigenvalue weighted by atomic mass is 10.0. The number of benzene rings is 1. The summed E-state index contributed by atoms with van der Waals surface area (Å²) in [6, 6.07) is 2.08. The number of aliphatic hydroxyl groups is 1. The number of aliphatic hydroxyl groups excluding tert-OH is 1. The second kappa shape index (κ2) is 5.92. The molecule has 0 fully saturated rings. The average molecular weight is 237 g/mol. The van der Waals surface area contributed by atoms with E-state index < -0.39 is 0 Å². The highest BCUT2D eigenvalue weighted by Crippen LogP contribution is 2.33. The van der Waals surface area contributed by atoms with Gasteiger partial charge in [0.1, 0.15) is 5.75 Å². The van der Waals surface area contributed by atoms with Crippen LogP contribution in [0.2, 0.25) is 0 Å². The van der Waals surface area contributed by atoms with Gasteiger partial charge >= 0.3 is 0 Å². The molecule has 0 bridgehead atoms. The molecule has 17 heavy (non-hydrogen) atoms. The van der Waals surface area contributed by atoms with E-state index >= 15 is 0 Å². The summed E-state index contributed by atoms with van der Waals surface area (Å²) in [5.74, 6) is 0.944. The third kappa shape index (κ3) is 2.91. The molecular formula is C14H23NO2. The normalized spacial score (nSPS) is 10.5. The van der Waals surface area contributed by atoms with Crippen molar-refractivity contribution in [3.63, 3.8) is 0 Å². The first kappa shape index (κ1) is 13.8. The van der Waals surface area contributed by atoms with Crippen LogP contribution in [0.25, 0.3) is 0 Å². The highest BCUT2D eigenvalue weighted by Gasteiger charge is 2.13. The van der Waals surface area contributed by atoms with Crippen LogP contribution in [0, 0.1) is 20.8 Å². The van der Waals surface area contributed by atoms with Crippen molar-refractivity contribution in [2.24, 2.45) is 0 Å². The SMILES string of the molecule is COc1cc(C)c(N(C)CCCO)c(C)c1C. The third-order valence-corrected chi connectivity index (χ3v) is 3.26. The maximum absolute atomic E-state index is 8.89. The van der Waals surface area contributed by atoms with Crippen molar-refractivity contribution in [3.05, 3.63) is 22.8 Å². The van der Waals surface area contributed by atoms with E-state index in [1.165, 1.54) is 22.4 Å². The van der Waals surface area contributed by atoms with Gasteiger partial charge in [-0.3, -0.25) is 0 Å². The maximum Gasteiger partial charge on any atom is 0.122 e. The first-order valence-corrected chi connectivity index (χ1v) is 5.99. The molecule has 1 rings (SSSR count). The first-order valence-electron chi connectivity index (χ1n) is 5.99. The van der Waals surface area contributed by atoms with Crippen molar-refractivity contribution in [2.45, 2.75) is 27.2 Å². The Hall–Kier alpha value is -1.22. The predicted molar refractivity (Wildman–Crippen MR) is 72.2 cm³/mol. The van der Waals surface area contributed by atoms with Gasteiger partial charge in [-0.25, -0.2) is 0 Å². The molecule has 0 unspecified atom stereocenters. The van der Waals surface area contributed by atoms with E-state index in [0.29, 0.717) is 0 Å². The van der Waals surface area contributed by atoms with E-state index in [9.17, 15) is 0 Å². The van der Waals surface area contributed by atoms with Gasteiger partial charge in [-0.1, -0.05) is 0 Å². The minimum absolute atomic E-state index is 0.234. The van der Waals surface area contributed by atoms with E-state index in [2.05, 4.69) is 38.8 Å². The summed E-state index contributed by atoms with van der Waals surface area (Å²) in [5, 5.41) is 8.89. The summed E-state index contributed by atoms with van der Waals surface area (Å²) < 4.78 is 5.36. The Morgan fingerprint density at radius 1 is 1.24 bits per heavy atom. The maximum atomic E-state index is 8.89. The second-order valence-electron chi connectivity index (χ2n) is 4.49. The Morgan fingerprint density at radius 3 is 2.41 bits per heavy atom. The standard InChI is InChI=1S/C14H23NO2/c1-10-9-13(17-5)11(2)12(3)14(10)15(4)7-6-8-16/h9,16H,6-8H2,1-5H3. The first-order chi connectivity index (χ1) is 8.02. The molecule has 1 aromatic carbocycles. The summed E-state index contributed by atoms with van der Waals surface area (Å²) in [6.07, 6.45) is 0.792. The molecule has 0 amide bonds. The average Bonchev–Trinajstić information content (AvgIpc) is 2.31. The molecule has 96 valence electrons. The van der Waals surface area contributed by atoms with Gasteiger partial charge in [-0.15, -0.1) is 0 Å². The van der Waals surface area contributed by atoms with Gasteiger partial charge in [-0.2, -0.15) is 0 Å². The lowest BCUT2D eigenvalue weighted by Gasteiger charge is -2.25. The predicted octanol–water partition coefficient (Wildman–Crippen LogP) is 2.44. The molecule has 3 heteroatoms. The van der Waals surface area contributed by atoms with Gasteiger partial charge in [0.2, 0.25) is 0 Å². The van der Waals surface area contributed by atoms with E-state index in [4.69, 9.17) is 9.84 Å². The number of methoxy groups -OCH3 is 1. The fraction of sp³-hybridized carbons (Fsp3) is 0.571. The zero-order chi connectivity index (χ0) is 13.0. The number of hydrogen-bond donors (Lipinski definition) is 1. The van der Waals surface area contributed by atoms with Gasteiger partial charge in [0.25, 0.3) is 0 Å². The Labute approximate surface area is 104 Å². The molecular weight excluding hydrogens is 214 g/mol. The number of rotatable bonds is 5. The monoisotopic (exact) mass is 237 g/mol. The summed E-state index contributed by atoms with van der Waals surface area (Å²) in [5.41, 5.74) is 4.90. The Morgan fingerprint density at radius 2 is 1.88 bits per heavy atom. The molecule has 0 aliphatic heterocycles. The summed E-state index contributed by atoms with van der Waals surface area (Å²) in [4.78, 5) is 2.20. The highest BCUT2D eigenvalue weighted by atomic mass is 16.5. The Bertz CT molecular complexity index is 388. The number of anilines is 1. The van der Waals surface area contributed by atoms with Crippen LogP contribution in [0.5, 0.6) is 5.75 Å². The number of aryl methyl sites for hydroxylation is 1. The fourth-order valence-electron chi connectivity index (χ4n) is 2.25. The molecule has 0 aromatic heterocycles. The minimum Gasteiger partial charge on any atom is -0.496 e. The smallest absolute Gasteiger partial charge is 0.122 e. The summed E-state index contributed by atoms with van der Waals surface area (Å²) in [6.45, 7) is 7.40. The molecule has 0 aliphatic carbocycles. The zero-order valence-corrected chi connectivity index (χ0v) is 11.5. The van der Waals surface area contributed by atoms with Crippen LogP contribution in [0.3, 0.4) is 0 Å². The largest absolute Gasteiger partial charge is 0.496 e. The van der Waals surface area contributed by atoms with Gasteiger partial charge in [0, 0.05) is 25.9 Å². The highest BCUT2D eigenvalue weighted by molar-refractivity contribution is 5.64. The van der Waals surface area contributed by atoms with Gasteiger partial charge in [0.15, 0.2) is 0 Å². The van der Waals surface area contributed by atoms with Crippen LogP contribution < -0.4 is 9.64 Å². The van der Waals surface area contributed by atoms with Gasteiger partial charge < -0.3 is 14.7 Å². The van der Waals surface area contributed by atoms with Crippen molar-refractivity contribution in [2.75, 3.05) is 32.2 Å². The third-order valence-electron chi connectivity index (χ3n) is 3.26. The number of hydrogen-bond acceptors (Lipinski definition) is 3. The minimum atomic E-state index is 0.234. The quantitative estimate of drug-likeness (QED) is 0.853. The summed E-state index contributed by atoms with van der Waals surface area (Å²) >= 11 is 0. The number of nitrogens with zero attached hydrogens (tertiary/aromatic N) is 1. The van der Waals surface area contributed by atoms with Crippen molar-refractivity contribution < 1.29 is 9.84 Å². The van der Waals surface area contributed by atoms with Gasteiger partial charge in [-0.05, 0) is 49.9 Å². The molecule has 0 aliphatic rings. The molecule has 1 aromatic rings. The van der Waals surface area contributed by atoms with Crippen LogP contribution in [0.15, 0.2) is 6.07 Å². The lowest BCUT2D eigenvalue weighted by Crippen LogP contribution is -2.21. The molecule has 0 spiro atoms. The van der Waals surface area contributed by atoms with Crippen LogP contribution in [0.1, 0.15) is 23.1 Å². The Balaban J connectivity index is 3.11. The van der Waals surface area contributed by atoms with Crippen LogP contribution in [-0.4, -0.2) is 32.4 Å².